The van der Waals surface area contributed by atoms with Crippen molar-refractivity contribution in [1.82, 2.24) is 5.12 Å². The van der Waals surface area contributed by atoms with Crippen molar-refractivity contribution >= 4 is 5.69 Å². The first kappa shape index (κ1) is 7.05. The second-order valence-electron chi connectivity index (χ2n) is 2.59. The molecular formula is C7H8N4O. The molecule has 2 N–H and O–H groups in total. The van der Waals surface area contributed by atoms with Gasteiger partial charge in [-0.25, -0.2) is 0 Å². The molecule has 62 valence electrons. The number of hydrogen-bond donors (Lipinski definition) is 1. The minimum atomic E-state index is 0.481. The highest BCUT2D eigenvalue weighted by Gasteiger charge is 2.17. The van der Waals surface area contributed by atoms with Crippen LogP contribution in [0.3, 0.4) is 0 Å². The van der Waals surface area contributed by atoms with Crippen LogP contribution >= 0.6 is 0 Å². The van der Waals surface area contributed by atoms with E-state index in [-0.39, 0.29) is 0 Å². The third-order valence-corrected chi connectivity index (χ3v) is 1.73. The minimum absolute atomic E-state index is 0.481. The van der Waals surface area contributed by atoms with E-state index >= 15 is 0 Å². The van der Waals surface area contributed by atoms with Crippen molar-refractivity contribution in [2.24, 2.45) is 11.1 Å². The van der Waals surface area contributed by atoms with Crippen molar-refractivity contribution in [3.05, 3.63) is 35.0 Å². The maximum absolute atomic E-state index is 11.1. The molecule has 0 amide bonds. The molecule has 0 bridgehead atoms. The Bertz CT molecular complexity index is 336. The standard InChI is InChI=1S/C7H8N4O/c8-10-5-6-3-1-2-4-7(6)11(12)9-10/h1-4H,5,8H2. The van der Waals surface area contributed by atoms with E-state index < -0.39 is 0 Å². The van der Waals surface area contributed by atoms with Gasteiger partial charge in [0.2, 0.25) is 0 Å². The average Bonchev–Trinajstić information content (AvgIpc) is 2.04. The molecular weight excluding hydrogens is 156 g/mol. The summed E-state index contributed by atoms with van der Waals surface area (Å²) in [6, 6.07) is 7.24. The van der Waals surface area contributed by atoms with Crippen LogP contribution in [-0.4, -0.2) is 9.98 Å². The molecule has 1 heterocycles. The lowest BCUT2D eigenvalue weighted by Gasteiger charge is -2.17. The molecule has 0 saturated carbocycles. The van der Waals surface area contributed by atoms with Crippen molar-refractivity contribution in [2.75, 3.05) is 0 Å². The van der Waals surface area contributed by atoms with Gasteiger partial charge in [-0.2, -0.15) is 5.84 Å². The summed E-state index contributed by atoms with van der Waals surface area (Å²) in [6.07, 6.45) is 0. The fraction of sp³-hybridized carbons (Fsp3) is 0.143. The molecule has 5 heteroatoms. The summed E-state index contributed by atoms with van der Waals surface area (Å²) < 4.78 is 0. The highest BCUT2D eigenvalue weighted by Crippen LogP contribution is 2.22. The number of benzene rings is 1. The minimum Gasteiger partial charge on any atom is -0.691 e. The van der Waals surface area contributed by atoms with Gasteiger partial charge in [0, 0.05) is 5.56 Å². The number of hydrogen-bond acceptors (Lipinski definition) is 4. The van der Waals surface area contributed by atoms with Gasteiger partial charge in [-0.05, 0) is 6.07 Å². The summed E-state index contributed by atoms with van der Waals surface area (Å²) in [5, 5.41) is 15.8. The quantitative estimate of drug-likeness (QED) is 0.351. The highest BCUT2D eigenvalue weighted by molar-refractivity contribution is 5.39. The van der Waals surface area contributed by atoms with E-state index in [4.69, 9.17) is 5.84 Å². The molecule has 5 nitrogen and oxygen atoms in total. The molecule has 0 aliphatic carbocycles. The summed E-state index contributed by atoms with van der Waals surface area (Å²) in [4.78, 5) is 0.527. The zero-order chi connectivity index (χ0) is 8.55. The van der Waals surface area contributed by atoms with Crippen molar-refractivity contribution in [2.45, 2.75) is 6.54 Å². The van der Waals surface area contributed by atoms with Gasteiger partial charge in [0.25, 0.3) is 0 Å². The van der Waals surface area contributed by atoms with E-state index in [9.17, 15) is 5.21 Å². The third kappa shape index (κ3) is 0.998. The smallest absolute Gasteiger partial charge is 0.161 e. The first-order chi connectivity index (χ1) is 5.77. The zero-order valence-electron chi connectivity index (χ0n) is 6.34. The number of nitrogens with zero attached hydrogens (tertiary/aromatic N) is 3. The summed E-state index contributed by atoms with van der Waals surface area (Å²) in [5.41, 5.74) is 1.46. The Balaban J connectivity index is 2.53. The van der Waals surface area contributed by atoms with E-state index in [1.807, 2.05) is 12.1 Å². The summed E-state index contributed by atoms with van der Waals surface area (Å²) >= 11 is 0. The predicted molar refractivity (Wildman–Crippen MR) is 41.9 cm³/mol. The molecule has 0 spiro atoms. The largest absolute Gasteiger partial charge is 0.691 e. The molecule has 1 aromatic rings. The molecule has 12 heavy (non-hydrogen) atoms. The van der Waals surface area contributed by atoms with Gasteiger partial charge in [0.1, 0.15) is 5.22 Å². The van der Waals surface area contributed by atoms with Crippen LogP contribution in [0.15, 0.2) is 29.5 Å². The van der Waals surface area contributed by atoms with Crippen molar-refractivity contribution in [3.8, 4) is 0 Å². The highest BCUT2D eigenvalue weighted by atomic mass is 16.5. The third-order valence-electron chi connectivity index (χ3n) is 1.73. The van der Waals surface area contributed by atoms with E-state index in [2.05, 4.69) is 5.22 Å². The van der Waals surface area contributed by atoms with Crippen LogP contribution in [-0.2, 0) is 6.54 Å². The number of nitrogens with two attached hydrogens (primary N) is 1. The van der Waals surface area contributed by atoms with Crippen LogP contribution in [0.2, 0.25) is 0 Å². The Morgan fingerprint density at radius 3 is 3.08 bits per heavy atom. The second-order valence-corrected chi connectivity index (χ2v) is 2.59. The molecule has 2 rings (SSSR count). The molecule has 1 aliphatic rings. The van der Waals surface area contributed by atoms with E-state index in [0.29, 0.717) is 17.1 Å². The van der Waals surface area contributed by atoms with Crippen LogP contribution in [0.4, 0.5) is 5.69 Å². The Kier molecular flexibility index (Phi) is 1.44. The maximum Gasteiger partial charge on any atom is 0.161 e. The van der Waals surface area contributed by atoms with Gasteiger partial charge in [-0.3, -0.25) is 0 Å². The normalized spacial score (nSPS) is 15.4. The number of hydrazine groups is 1. The van der Waals surface area contributed by atoms with Gasteiger partial charge in [-0.1, -0.05) is 23.3 Å². The topological polar surface area (TPSA) is 67.7 Å². The molecule has 0 aromatic heterocycles. The molecule has 1 aliphatic heterocycles. The molecule has 1 aromatic carbocycles. The summed E-state index contributed by atoms with van der Waals surface area (Å²) in [5.74, 6) is 5.36. The molecule has 0 radical (unpaired) electrons. The van der Waals surface area contributed by atoms with Crippen LogP contribution in [0, 0.1) is 5.21 Å². The first-order valence-electron chi connectivity index (χ1n) is 3.56. The van der Waals surface area contributed by atoms with Gasteiger partial charge in [0.15, 0.2) is 12.2 Å². The van der Waals surface area contributed by atoms with E-state index in [0.717, 1.165) is 10.7 Å². The van der Waals surface area contributed by atoms with Crippen molar-refractivity contribution in [3.63, 3.8) is 0 Å². The van der Waals surface area contributed by atoms with Gasteiger partial charge in [0.05, 0.1) is 0 Å². The first-order valence-corrected chi connectivity index (χ1v) is 3.56. The second kappa shape index (κ2) is 2.46. The Morgan fingerprint density at radius 1 is 1.50 bits per heavy atom. The van der Waals surface area contributed by atoms with Crippen LogP contribution in [0.1, 0.15) is 5.56 Å². The Morgan fingerprint density at radius 2 is 2.25 bits per heavy atom. The number of para-hydroxylation sites is 1. The fourth-order valence-corrected chi connectivity index (χ4v) is 1.19. The lowest BCUT2D eigenvalue weighted by Crippen LogP contribution is -2.29. The van der Waals surface area contributed by atoms with Crippen LogP contribution in [0.25, 0.3) is 0 Å². The Labute approximate surface area is 69.2 Å². The zero-order valence-corrected chi connectivity index (χ0v) is 6.34. The predicted octanol–water partition coefficient (Wildman–Crippen LogP) is 0.885. The Hall–Kier alpha value is -1.62. The fourth-order valence-electron chi connectivity index (χ4n) is 1.19. The van der Waals surface area contributed by atoms with Crippen LogP contribution in [0.5, 0.6) is 0 Å². The molecule has 0 unspecified atom stereocenters. The average molecular weight is 164 g/mol. The number of fused-ring (bicyclic) bond motifs is 1. The molecule has 0 saturated heterocycles. The van der Waals surface area contributed by atoms with E-state index in [1.165, 1.54) is 0 Å². The van der Waals surface area contributed by atoms with Crippen molar-refractivity contribution < 1.29 is 4.86 Å². The lowest BCUT2D eigenvalue weighted by molar-refractivity contribution is -0.469. The van der Waals surface area contributed by atoms with Gasteiger partial charge < -0.3 is 5.21 Å². The van der Waals surface area contributed by atoms with Crippen LogP contribution < -0.4 is 5.84 Å². The van der Waals surface area contributed by atoms with Gasteiger partial charge >= 0.3 is 0 Å². The van der Waals surface area contributed by atoms with Crippen molar-refractivity contribution in [1.29, 1.82) is 0 Å². The number of rotatable bonds is 0. The summed E-state index contributed by atoms with van der Waals surface area (Å²) in [7, 11) is 0. The lowest BCUT2D eigenvalue weighted by atomic mass is 10.2. The monoisotopic (exact) mass is 164 g/mol. The molecule has 0 atom stereocenters. The SMILES string of the molecule is NN1Cc2ccccc2[N+]([O-])=N1. The summed E-state index contributed by atoms with van der Waals surface area (Å²) in [6.45, 7) is 0.481. The van der Waals surface area contributed by atoms with Gasteiger partial charge in [-0.15, -0.1) is 4.86 Å². The van der Waals surface area contributed by atoms with E-state index in [1.54, 1.807) is 12.1 Å². The molecule has 0 fully saturated rings. The maximum atomic E-state index is 11.1.